The molecule has 1 aromatic heterocycles. The summed E-state index contributed by atoms with van der Waals surface area (Å²) >= 11 is 0. The molecule has 0 radical (unpaired) electrons. The SMILES string of the molecule is Nc1ccc(N2CCNC(=O)CC2)nc1. The largest absolute Gasteiger partial charge is 0.397 e. The van der Waals surface area contributed by atoms with Gasteiger partial charge in [-0.2, -0.15) is 0 Å². The monoisotopic (exact) mass is 206 g/mol. The van der Waals surface area contributed by atoms with Crippen molar-refractivity contribution >= 4 is 17.4 Å². The third-order valence-electron chi connectivity index (χ3n) is 2.41. The van der Waals surface area contributed by atoms with Crippen LogP contribution in [0.2, 0.25) is 0 Å². The molecule has 0 spiro atoms. The first-order chi connectivity index (χ1) is 7.25. The molecule has 5 nitrogen and oxygen atoms in total. The lowest BCUT2D eigenvalue weighted by Gasteiger charge is -2.20. The van der Waals surface area contributed by atoms with Crippen LogP contribution in [-0.2, 0) is 4.79 Å². The van der Waals surface area contributed by atoms with Crippen LogP contribution in [0.5, 0.6) is 0 Å². The van der Waals surface area contributed by atoms with E-state index in [0.717, 1.165) is 12.4 Å². The number of nitrogen functional groups attached to an aromatic ring is 1. The molecule has 0 aromatic carbocycles. The van der Waals surface area contributed by atoms with Crippen LogP contribution in [0, 0.1) is 0 Å². The van der Waals surface area contributed by atoms with E-state index in [-0.39, 0.29) is 5.91 Å². The standard InChI is InChI=1S/C10H14N4O/c11-8-1-2-9(13-7-8)14-5-3-10(15)12-4-6-14/h1-2,7H,3-6,11H2,(H,12,15). The van der Waals surface area contributed by atoms with Gasteiger partial charge < -0.3 is 16.0 Å². The minimum absolute atomic E-state index is 0.105. The fourth-order valence-corrected chi connectivity index (χ4v) is 1.58. The fraction of sp³-hybridized carbons (Fsp3) is 0.400. The van der Waals surface area contributed by atoms with Gasteiger partial charge in [0.25, 0.3) is 0 Å². The van der Waals surface area contributed by atoms with Gasteiger partial charge in [-0.1, -0.05) is 0 Å². The number of hydrogen-bond acceptors (Lipinski definition) is 4. The summed E-state index contributed by atoms with van der Waals surface area (Å²) in [4.78, 5) is 17.4. The average Bonchev–Trinajstić information content (AvgIpc) is 2.44. The van der Waals surface area contributed by atoms with Crippen LogP contribution in [0.1, 0.15) is 6.42 Å². The van der Waals surface area contributed by atoms with Crippen molar-refractivity contribution in [1.82, 2.24) is 10.3 Å². The molecule has 0 atom stereocenters. The van der Waals surface area contributed by atoms with E-state index >= 15 is 0 Å². The predicted octanol–water partition coefficient (Wildman–Crippen LogP) is -0.00990. The van der Waals surface area contributed by atoms with Crippen LogP contribution in [0.15, 0.2) is 18.3 Å². The zero-order valence-corrected chi connectivity index (χ0v) is 8.44. The highest BCUT2D eigenvalue weighted by Crippen LogP contribution is 2.13. The van der Waals surface area contributed by atoms with E-state index < -0.39 is 0 Å². The van der Waals surface area contributed by atoms with Crippen LogP contribution in [-0.4, -0.2) is 30.5 Å². The van der Waals surface area contributed by atoms with Gasteiger partial charge in [0.15, 0.2) is 0 Å². The zero-order valence-electron chi connectivity index (χ0n) is 8.44. The Morgan fingerprint density at radius 2 is 2.27 bits per heavy atom. The maximum Gasteiger partial charge on any atom is 0.221 e. The molecule has 0 unspecified atom stereocenters. The quantitative estimate of drug-likeness (QED) is 0.678. The number of amides is 1. The number of aromatic nitrogens is 1. The molecule has 1 fully saturated rings. The second-order valence-corrected chi connectivity index (χ2v) is 3.54. The molecule has 15 heavy (non-hydrogen) atoms. The molecule has 1 aliphatic heterocycles. The molecule has 0 bridgehead atoms. The Kier molecular flexibility index (Phi) is 2.71. The lowest BCUT2D eigenvalue weighted by Crippen LogP contribution is -2.28. The summed E-state index contributed by atoms with van der Waals surface area (Å²) < 4.78 is 0. The van der Waals surface area contributed by atoms with E-state index in [0.29, 0.717) is 25.2 Å². The van der Waals surface area contributed by atoms with E-state index in [9.17, 15) is 4.79 Å². The zero-order chi connectivity index (χ0) is 10.7. The summed E-state index contributed by atoms with van der Waals surface area (Å²) in [6, 6.07) is 3.70. The Hall–Kier alpha value is -1.78. The second-order valence-electron chi connectivity index (χ2n) is 3.54. The Bertz CT molecular complexity index is 349. The van der Waals surface area contributed by atoms with Crippen molar-refractivity contribution in [3.63, 3.8) is 0 Å². The molecule has 80 valence electrons. The summed E-state index contributed by atoms with van der Waals surface area (Å²) in [6.07, 6.45) is 2.15. The molecule has 1 amide bonds. The van der Waals surface area contributed by atoms with Crippen molar-refractivity contribution in [2.45, 2.75) is 6.42 Å². The molecule has 5 heteroatoms. The molecular weight excluding hydrogens is 192 g/mol. The van der Waals surface area contributed by atoms with E-state index in [4.69, 9.17) is 5.73 Å². The first-order valence-electron chi connectivity index (χ1n) is 4.99. The molecule has 0 saturated carbocycles. The summed E-state index contributed by atoms with van der Waals surface area (Å²) in [5.41, 5.74) is 6.22. The molecule has 3 N–H and O–H groups in total. The number of anilines is 2. The second kappa shape index (κ2) is 4.16. The van der Waals surface area contributed by atoms with Crippen molar-refractivity contribution in [3.8, 4) is 0 Å². The number of carbonyl (C=O) groups excluding carboxylic acids is 1. The first-order valence-corrected chi connectivity index (χ1v) is 4.99. The number of nitrogens with two attached hydrogens (primary N) is 1. The van der Waals surface area contributed by atoms with Gasteiger partial charge in [0.2, 0.25) is 5.91 Å². The average molecular weight is 206 g/mol. The van der Waals surface area contributed by atoms with Gasteiger partial charge in [0.1, 0.15) is 5.82 Å². The Labute approximate surface area is 88.3 Å². The molecule has 1 saturated heterocycles. The number of nitrogens with one attached hydrogen (secondary N) is 1. The van der Waals surface area contributed by atoms with Gasteiger partial charge in [-0.05, 0) is 12.1 Å². The lowest BCUT2D eigenvalue weighted by molar-refractivity contribution is -0.120. The predicted molar refractivity (Wildman–Crippen MR) is 58.5 cm³/mol. The molecular formula is C10H14N4O. The van der Waals surface area contributed by atoms with Crippen LogP contribution >= 0.6 is 0 Å². The van der Waals surface area contributed by atoms with Gasteiger partial charge in [-0.3, -0.25) is 4.79 Å². The van der Waals surface area contributed by atoms with E-state index in [1.165, 1.54) is 0 Å². The van der Waals surface area contributed by atoms with Crippen molar-refractivity contribution in [3.05, 3.63) is 18.3 Å². The normalized spacial score (nSPS) is 17.1. The minimum atomic E-state index is 0.105. The summed E-state index contributed by atoms with van der Waals surface area (Å²) in [7, 11) is 0. The maximum absolute atomic E-state index is 11.1. The third kappa shape index (κ3) is 2.37. The smallest absolute Gasteiger partial charge is 0.221 e. The summed E-state index contributed by atoms with van der Waals surface area (Å²) in [5.74, 6) is 0.980. The molecule has 2 rings (SSSR count). The van der Waals surface area contributed by atoms with E-state index in [1.807, 2.05) is 12.1 Å². The highest BCUT2D eigenvalue weighted by Gasteiger charge is 2.14. The first kappa shape index (κ1) is 9.76. The van der Waals surface area contributed by atoms with Crippen LogP contribution < -0.4 is 16.0 Å². The third-order valence-corrected chi connectivity index (χ3v) is 2.41. The summed E-state index contributed by atoms with van der Waals surface area (Å²) in [5, 5.41) is 2.82. The number of pyridine rings is 1. The Balaban J connectivity index is 2.09. The van der Waals surface area contributed by atoms with E-state index in [2.05, 4.69) is 15.2 Å². The lowest BCUT2D eigenvalue weighted by atomic mass is 10.3. The maximum atomic E-state index is 11.1. The van der Waals surface area contributed by atoms with Crippen molar-refractivity contribution in [1.29, 1.82) is 0 Å². The van der Waals surface area contributed by atoms with Crippen molar-refractivity contribution in [2.24, 2.45) is 0 Å². The van der Waals surface area contributed by atoms with Crippen LogP contribution in [0.25, 0.3) is 0 Å². The number of nitrogens with zero attached hydrogens (tertiary/aromatic N) is 2. The highest BCUT2D eigenvalue weighted by molar-refractivity contribution is 5.77. The van der Waals surface area contributed by atoms with Crippen molar-refractivity contribution < 1.29 is 4.79 Å². The van der Waals surface area contributed by atoms with Gasteiger partial charge in [-0.15, -0.1) is 0 Å². The topological polar surface area (TPSA) is 71.2 Å². The Morgan fingerprint density at radius 3 is 3.00 bits per heavy atom. The summed E-state index contributed by atoms with van der Waals surface area (Å²) in [6.45, 7) is 2.18. The van der Waals surface area contributed by atoms with Gasteiger partial charge in [0, 0.05) is 26.1 Å². The Morgan fingerprint density at radius 1 is 1.40 bits per heavy atom. The molecule has 1 aliphatic rings. The molecule has 0 aliphatic carbocycles. The van der Waals surface area contributed by atoms with E-state index in [1.54, 1.807) is 6.20 Å². The number of carbonyl (C=O) groups is 1. The van der Waals surface area contributed by atoms with Gasteiger partial charge in [0.05, 0.1) is 11.9 Å². The minimum Gasteiger partial charge on any atom is -0.397 e. The molecule has 1 aromatic rings. The van der Waals surface area contributed by atoms with Crippen LogP contribution in [0.3, 0.4) is 0 Å². The highest BCUT2D eigenvalue weighted by atomic mass is 16.1. The fourth-order valence-electron chi connectivity index (χ4n) is 1.58. The molecule has 2 heterocycles. The number of hydrogen-bond donors (Lipinski definition) is 2. The van der Waals surface area contributed by atoms with Crippen LogP contribution in [0.4, 0.5) is 11.5 Å². The van der Waals surface area contributed by atoms with Gasteiger partial charge in [-0.25, -0.2) is 4.98 Å². The number of rotatable bonds is 1. The van der Waals surface area contributed by atoms with Gasteiger partial charge >= 0.3 is 0 Å². The van der Waals surface area contributed by atoms with Crippen molar-refractivity contribution in [2.75, 3.05) is 30.3 Å².